The van der Waals surface area contributed by atoms with Gasteiger partial charge in [0.2, 0.25) is 0 Å². The van der Waals surface area contributed by atoms with E-state index in [4.69, 9.17) is 21.8 Å². The van der Waals surface area contributed by atoms with Crippen molar-refractivity contribution in [3.05, 3.63) is 35.0 Å². The lowest BCUT2D eigenvalue weighted by Crippen LogP contribution is -2.24. The lowest BCUT2D eigenvalue weighted by atomic mass is 9.90. The van der Waals surface area contributed by atoms with Gasteiger partial charge in [0.05, 0.1) is 5.02 Å². The summed E-state index contributed by atoms with van der Waals surface area (Å²) in [5.41, 5.74) is 6.17. The zero-order chi connectivity index (χ0) is 13.3. The van der Waals surface area contributed by atoms with E-state index in [2.05, 4.69) is 0 Å². The van der Waals surface area contributed by atoms with E-state index in [0.29, 0.717) is 22.9 Å². The zero-order valence-corrected chi connectivity index (χ0v) is 11.2. The fourth-order valence-corrected chi connectivity index (χ4v) is 2.34. The Kier molecular flexibility index (Phi) is 3.93. The van der Waals surface area contributed by atoms with E-state index in [1.807, 2.05) is 26.0 Å². The first-order valence-corrected chi connectivity index (χ1v) is 6.44. The number of hydrogen-bond donors (Lipinski definition) is 1. The first-order chi connectivity index (χ1) is 8.54. The second-order valence-corrected chi connectivity index (χ2v) is 5.26. The highest BCUT2D eigenvalue weighted by atomic mass is 35.5. The van der Waals surface area contributed by atoms with Gasteiger partial charge in [-0.3, -0.25) is 0 Å². The third-order valence-corrected chi connectivity index (χ3v) is 3.59. The van der Waals surface area contributed by atoms with Crippen molar-refractivity contribution in [1.82, 2.24) is 0 Å². The maximum atomic E-state index is 14.4. The molecule has 0 saturated carbocycles. The van der Waals surface area contributed by atoms with E-state index in [-0.39, 0.29) is 11.8 Å². The second kappa shape index (κ2) is 5.29. The summed E-state index contributed by atoms with van der Waals surface area (Å²) >= 11 is 6.01. The highest BCUT2D eigenvalue weighted by Crippen LogP contribution is 2.36. The van der Waals surface area contributed by atoms with Gasteiger partial charge in [-0.15, -0.1) is 0 Å². The van der Waals surface area contributed by atoms with E-state index >= 15 is 0 Å². The molecule has 2 unspecified atom stereocenters. The van der Waals surface area contributed by atoms with E-state index in [1.54, 1.807) is 12.1 Å². The highest BCUT2D eigenvalue weighted by Gasteiger charge is 2.27. The minimum absolute atomic E-state index is 0.161. The lowest BCUT2D eigenvalue weighted by Gasteiger charge is -2.21. The maximum absolute atomic E-state index is 14.4. The number of nitrogens with two attached hydrogens (primary N) is 1. The third kappa shape index (κ3) is 2.38. The fraction of sp³-hybridized carbons (Fsp3) is 0.429. The van der Waals surface area contributed by atoms with Crippen LogP contribution < -0.4 is 5.73 Å². The Morgan fingerprint density at radius 2 is 2.11 bits per heavy atom. The van der Waals surface area contributed by atoms with Gasteiger partial charge in [0.15, 0.2) is 11.8 Å². The van der Waals surface area contributed by atoms with Crippen molar-refractivity contribution in [1.29, 1.82) is 0 Å². The number of halogens is 2. The van der Waals surface area contributed by atoms with E-state index in [1.165, 1.54) is 0 Å². The van der Waals surface area contributed by atoms with Crippen LogP contribution in [0, 0.1) is 11.8 Å². The summed E-state index contributed by atoms with van der Waals surface area (Å²) < 4.78 is 19.9. The molecular weight excluding hydrogens is 253 g/mol. The average Bonchev–Trinajstić information content (AvgIpc) is 2.74. The molecule has 2 nitrogen and oxygen atoms in total. The van der Waals surface area contributed by atoms with Gasteiger partial charge in [0.1, 0.15) is 5.76 Å². The molecule has 18 heavy (non-hydrogen) atoms. The highest BCUT2D eigenvalue weighted by molar-refractivity contribution is 6.34. The summed E-state index contributed by atoms with van der Waals surface area (Å²) in [5, 5.41) is 1.32. The van der Waals surface area contributed by atoms with Crippen molar-refractivity contribution in [2.45, 2.75) is 20.0 Å². The number of fused-ring (bicyclic) bond motifs is 1. The van der Waals surface area contributed by atoms with Crippen LogP contribution >= 0.6 is 11.6 Å². The van der Waals surface area contributed by atoms with Crippen molar-refractivity contribution in [3.63, 3.8) is 0 Å². The van der Waals surface area contributed by atoms with Gasteiger partial charge in [-0.25, -0.2) is 4.39 Å². The van der Waals surface area contributed by atoms with Crippen molar-refractivity contribution in [3.8, 4) is 0 Å². The van der Waals surface area contributed by atoms with Crippen LogP contribution in [0.15, 0.2) is 28.7 Å². The number of benzene rings is 1. The summed E-state index contributed by atoms with van der Waals surface area (Å²) in [7, 11) is 0. The average molecular weight is 270 g/mol. The maximum Gasteiger partial charge on any atom is 0.162 e. The SMILES string of the molecule is CC(C)C(CN)C(F)c1cc2cccc(Cl)c2o1. The summed E-state index contributed by atoms with van der Waals surface area (Å²) in [6, 6.07) is 7.11. The predicted molar refractivity (Wildman–Crippen MR) is 72.5 cm³/mol. The van der Waals surface area contributed by atoms with Crippen LogP contribution in [0.2, 0.25) is 5.02 Å². The molecule has 4 heteroatoms. The quantitative estimate of drug-likeness (QED) is 0.897. The summed E-state index contributed by atoms with van der Waals surface area (Å²) in [5.74, 6) is 0.222. The minimum atomic E-state index is -1.20. The first kappa shape index (κ1) is 13.4. The summed E-state index contributed by atoms with van der Waals surface area (Å²) in [4.78, 5) is 0. The Morgan fingerprint density at radius 1 is 1.39 bits per heavy atom. The Morgan fingerprint density at radius 3 is 2.67 bits per heavy atom. The van der Waals surface area contributed by atoms with Gasteiger partial charge >= 0.3 is 0 Å². The number of rotatable bonds is 4. The molecule has 2 aromatic rings. The molecule has 2 N–H and O–H groups in total. The Bertz CT molecular complexity index is 538. The van der Waals surface area contributed by atoms with Crippen molar-refractivity contribution >= 4 is 22.6 Å². The monoisotopic (exact) mass is 269 g/mol. The van der Waals surface area contributed by atoms with Crippen molar-refractivity contribution in [2.75, 3.05) is 6.54 Å². The van der Waals surface area contributed by atoms with Crippen LogP contribution in [-0.2, 0) is 0 Å². The molecule has 0 bridgehead atoms. The molecule has 1 aromatic carbocycles. The zero-order valence-electron chi connectivity index (χ0n) is 10.5. The van der Waals surface area contributed by atoms with Crippen LogP contribution in [0.3, 0.4) is 0 Å². The van der Waals surface area contributed by atoms with Crippen molar-refractivity contribution < 1.29 is 8.81 Å². The number of furan rings is 1. The largest absolute Gasteiger partial charge is 0.456 e. The normalized spacial score (nSPS) is 15.2. The van der Waals surface area contributed by atoms with Crippen LogP contribution in [0.4, 0.5) is 4.39 Å². The van der Waals surface area contributed by atoms with Gasteiger partial charge in [-0.1, -0.05) is 37.6 Å². The third-order valence-electron chi connectivity index (χ3n) is 3.29. The molecule has 0 aliphatic heterocycles. The molecule has 0 saturated heterocycles. The molecule has 0 spiro atoms. The van der Waals surface area contributed by atoms with E-state index in [9.17, 15) is 4.39 Å². The van der Waals surface area contributed by atoms with Crippen LogP contribution in [0.5, 0.6) is 0 Å². The van der Waals surface area contributed by atoms with Gasteiger partial charge < -0.3 is 10.2 Å². The van der Waals surface area contributed by atoms with Crippen LogP contribution in [0.1, 0.15) is 25.8 Å². The van der Waals surface area contributed by atoms with E-state index in [0.717, 1.165) is 5.39 Å². The Labute approximate surface area is 111 Å². The molecule has 1 aromatic heterocycles. The molecule has 0 aliphatic carbocycles. The lowest BCUT2D eigenvalue weighted by molar-refractivity contribution is 0.164. The number of para-hydroxylation sites is 1. The topological polar surface area (TPSA) is 39.2 Å². The predicted octanol–water partition coefficient (Wildman–Crippen LogP) is 4.33. The van der Waals surface area contributed by atoms with Gasteiger partial charge in [0.25, 0.3) is 0 Å². The van der Waals surface area contributed by atoms with E-state index < -0.39 is 6.17 Å². The van der Waals surface area contributed by atoms with Gasteiger partial charge in [-0.2, -0.15) is 0 Å². The minimum Gasteiger partial charge on any atom is -0.456 e. The second-order valence-electron chi connectivity index (χ2n) is 4.85. The molecule has 0 radical (unpaired) electrons. The first-order valence-electron chi connectivity index (χ1n) is 6.06. The van der Waals surface area contributed by atoms with Gasteiger partial charge in [-0.05, 0) is 24.6 Å². The molecule has 0 aliphatic rings. The molecular formula is C14H17ClFNO. The molecule has 0 fully saturated rings. The summed E-state index contributed by atoms with van der Waals surface area (Å²) in [6.45, 7) is 4.21. The fourth-order valence-electron chi connectivity index (χ4n) is 2.12. The number of hydrogen-bond acceptors (Lipinski definition) is 2. The standard InChI is InChI=1S/C14H17ClFNO/c1-8(2)10(7-17)13(16)12-6-9-4-3-5-11(15)14(9)18-12/h3-6,8,10,13H,7,17H2,1-2H3. The Hall–Kier alpha value is -1.06. The smallest absolute Gasteiger partial charge is 0.162 e. The molecule has 2 atom stereocenters. The van der Waals surface area contributed by atoms with Crippen LogP contribution in [0.25, 0.3) is 11.0 Å². The molecule has 2 rings (SSSR count). The molecule has 1 heterocycles. The molecule has 0 amide bonds. The number of alkyl halides is 1. The van der Waals surface area contributed by atoms with Crippen LogP contribution in [-0.4, -0.2) is 6.54 Å². The Balaban J connectivity index is 2.39. The van der Waals surface area contributed by atoms with Gasteiger partial charge in [0, 0.05) is 11.3 Å². The summed E-state index contributed by atoms with van der Waals surface area (Å²) in [6.07, 6.45) is -1.20. The van der Waals surface area contributed by atoms with Crippen molar-refractivity contribution in [2.24, 2.45) is 17.6 Å². The molecule has 98 valence electrons.